The van der Waals surface area contributed by atoms with E-state index in [4.69, 9.17) is 11.6 Å². The number of aliphatic imine (C=N–C) groups is 1. The molecule has 0 spiro atoms. The summed E-state index contributed by atoms with van der Waals surface area (Å²) in [6, 6.07) is 12.7. The van der Waals surface area contributed by atoms with E-state index in [0.29, 0.717) is 15.7 Å². The fourth-order valence-electron chi connectivity index (χ4n) is 1.67. The highest BCUT2D eigenvalue weighted by Gasteiger charge is 2.02. The van der Waals surface area contributed by atoms with Gasteiger partial charge in [-0.3, -0.25) is 0 Å². The summed E-state index contributed by atoms with van der Waals surface area (Å²) in [6.07, 6.45) is 1.57. The van der Waals surface area contributed by atoms with Crippen molar-refractivity contribution in [3.05, 3.63) is 53.1 Å². The SMILES string of the molecule is Oc1ccc(Cl)cc1/C=N/c1nc2ccccc2s1. The highest BCUT2D eigenvalue weighted by molar-refractivity contribution is 7.22. The Hall–Kier alpha value is -1.91. The topological polar surface area (TPSA) is 45.5 Å². The molecule has 5 heteroatoms. The van der Waals surface area contributed by atoms with Gasteiger partial charge in [-0.05, 0) is 30.3 Å². The van der Waals surface area contributed by atoms with Crippen molar-refractivity contribution >= 4 is 44.5 Å². The van der Waals surface area contributed by atoms with Gasteiger partial charge in [-0.15, -0.1) is 0 Å². The molecule has 0 amide bonds. The lowest BCUT2D eigenvalue weighted by molar-refractivity contribution is 0.474. The number of hydrogen-bond donors (Lipinski definition) is 1. The Labute approximate surface area is 118 Å². The van der Waals surface area contributed by atoms with Crippen molar-refractivity contribution in [1.82, 2.24) is 4.98 Å². The molecule has 0 bridgehead atoms. The summed E-state index contributed by atoms with van der Waals surface area (Å²) in [5, 5.41) is 10.9. The second-order valence-corrected chi connectivity index (χ2v) is 5.37. The van der Waals surface area contributed by atoms with E-state index >= 15 is 0 Å². The van der Waals surface area contributed by atoms with E-state index < -0.39 is 0 Å². The first-order valence-electron chi connectivity index (χ1n) is 5.60. The standard InChI is InChI=1S/C14H9ClN2OS/c15-10-5-6-12(18)9(7-10)8-16-14-17-11-3-1-2-4-13(11)19-14/h1-8,18H/b16-8+. The van der Waals surface area contributed by atoms with Crippen LogP contribution >= 0.6 is 22.9 Å². The lowest BCUT2D eigenvalue weighted by atomic mass is 10.2. The number of benzene rings is 2. The van der Waals surface area contributed by atoms with Crippen molar-refractivity contribution < 1.29 is 5.11 Å². The highest BCUT2D eigenvalue weighted by Crippen LogP contribution is 2.28. The minimum Gasteiger partial charge on any atom is -0.507 e. The van der Waals surface area contributed by atoms with Gasteiger partial charge in [0.1, 0.15) is 5.75 Å². The van der Waals surface area contributed by atoms with Gasteiger partial charge < -0.3 is 5.11 Å². The van der Waals surface area contributed by atoms with E-state index in [0.717, 1.165) is 10.2 Å². The molecule has 0 atom stereocenters. The van der Waals surface area contributed by atoms with Gasteiger partial charge in [0.25, 0.3) is 0 Å². The second kappa shape index (κ2) is 4.99. The Morgan fingerprint density at radius 2 is 2.05 bits per heavy atom. The molecule has 0 aliphatic heterocycles. The first-order valence-corrected chi connectivity index (χ1v) is 6.80. The van der Waals surface area contributed by atoms with E-state index in [1.165, 1.54) is 11.3 Å². The average Bonchev–Trinajstić information content (AvgIpc) is 2.82. The van der Waals surface area contributed by atoms with Crippen molar-refractivity contribution in [3.63, 3.8) is 0 Å². The van der Waals surface area contributed by atoms with Crippen LogP contribution in [0.2, 0.25) is 5.02 Å². The largest absolute Gasteiger partial charge is 0.507 e. The fourth-order valence-corrected chi connectivity index (χ4v) is 2.66. The first-order chi connectivity index (χ1) is 9.22. The summed E-state index contributed by atoms with van der Waals surface area (Å²) >= 11 is 7.38. The van der Waals surface area contributed by atoms with Gasteiger partial charge in [0.05, 0.1) is 10.2 Å². The summed E-state index contributed by atoms with van der Waals surface area (Å²) in [5.74, 6) is 0.147. The Balaban J connectivity index is 1.95. The van der Waals surface area contributed by atoms with Gasteiger partial charge in [0, 0.05) is 16.8 Å². The van der Waals surface area contributed by atoms with Crippen LogP contribution in [0.5, 0.6) is 5.75 Å². The first kappa shape index (κ1) is 12.1. The van der Waals surface area contributed by atoms with Crippen LogP contribution < -0.4 is 0 Å². The average molecular weight is 289 g/mol. The third-order valence-electron chi connectivity index (χ3n) is 2.59. The molecule has 0 unspecified atom stereocenters. The van der Waals surface area contributed by atoms with E-state index in [1.54, 1.807) is 24.4 Å². The number of hydrogen-bond acceptors (Lipinski definition) is 4. The van der Waals surface area contributed by atoms with Crippen LogP contribution in [-0.2, 0) is 0 Å². The Morgan fingerprint density at radius 3 is 2.89 bits per heavy atom. The molecule has 0 saturated carbocycles. The highest BCUT2D eigenvalue weighted by atomic mass is 35.5. The van der Waals surface area contributed by atoms with Crippen LogP contribution in [0.25, 0.3) is 10.2 Å². The fraction of sp³-hybridized carbons (Fsp3) is 0. The van der Waals surface area contributed by atoms with Gasteiger partial charge in [-0.25, -0.2) is 9.98 Å². The maximum absolute atomic E-state index is 9.69. The molecule has 0 aliphatic rings. The molecular formula is C14H9ClN2OS. The van der Waals surface area contributed by atoms with E-state index in [1.807, 2.05) is 24.3 Å². The number of phenols is 1. The number of phenolic OH excluding ortho intramolecular Hbond substituents is 1. The lowest BCUT2D eigenvalue weighted by Crippen LogP contribution is -1.81. The van der Waals surface area contributed by atoms with Crippen molar-refractivity contribution in [2.75, 3.05) is 0 Å². The summed E-state index contributed by atoms with van der Waals surface area (Å²) in [6.45, 7) is 0. The van der Waals surface area contributed by atoms with Crippen LogP contribution in [0.3, 0.4) is 0 Å². The number of halogens is 1. The van der Waals surface area contributed by atoms with Crippen molar-refractivity contribution in [2.24, 2.45) is 4.99 Å². The van der Waals surface area contributed by atoms with E-state index in [9.17, 15) is 5.11 Å². The van der Waals surface area contributed by atoms with Crippen LogP contribution in [-0.4, -0.2) is 16.3 Å². The van der Waals surface area contributed by atoms with Gasteiger partial charge in [-0.2, -0.15) is 0 Å². The maximum Gasteiger partial charge on any atom is 0.210 e. The monoisotopic (exact) mass is 288 g/mol. The molecule has 1 heterocycles. The molecule has 1 N–H and O–H groups in total. The third kappa shape index (κ3) is 2.59. The molecule has 0 saturated heterocycles. The number of rotatable bonds is 2. The molecule has 2 aromatic carbocycles. The van der Waals surface area contributed by atoms with Crippen LogP contribution in [0, 0.1) is 0 Å². The number of thiazole rings is 1. The molecule has 1 aromatic heterocycles. The molecule has 0 radical (unpaired) electrons. The summed E-state index contributed by atoms with van der Waals surface area (Å²) in [7, 11) is 0. The van der Waals surface area contributed by atoms with Crippen molar-refractivity contribution in [1.29, 1.82) is 0 Å². The zero-order valence-corrected chi connectivity index (χ0v) is 11.3. The molecule has 94 valence electrons. The van der Waals surface area contributed by atoms with Gasteiger partial charge >= 0.3 is 0 Å². The Morgan fingerprint density at radius 1 is 1.21 bits per heavy atom. The molecule has 3 aromatic rings. The molecule has 3 rings (SSSR count). The van der Waals surface area contributed by atoms with Crippen LogP contribution in [0.4, 0.5) is 5.13 Å². The Kier molecular flexibility index (Phi) is 3.19. The van der Waals surface area contributed by atoms with Crippen molar-refractivity contribution in [3.8, 4) is 5.75 Å². The van der Waals surface area contributed by atoms with Crippen LogP contribution in [0.15, 0.2) is 47.5 Å². The van der Waals surface area contributed by atoms with Crippen molar-refractivity contribution in [2.45, 2.75) is 0 Å². The minimum atomic E-state index is 0.147. The minimum absolute atomic E-state index is 0.147. The number of fused-ring (bicyclic) bond motifs is 1. The normalized spacial score (nSPS) is 11.4. The number of aromatic hydroxyl groups is 1. The summed E-state index contributed by atoms with van der Waals surface area (Å²) < 4.78 is 1.09. The predicted molar refractivity (Wildman–Crippen MR) is 80.0 cm³/mol. The second-order valence-electron chi connectivity index (χ2n) is 3.93. The smallest absolute Gasteiger partial charge is 0.210 e. The summed E-state index contributed by atoms with van der Waals surface area (Å²) in [4.78, 5) is 8.67. The van der Waals surface area contributed by atoms with Crippen LogP contribution in [0.1, 0.15) is 5.56 Å². The Bertz CT molecular complexity index is 734. The lowest BCUT2D eigenvalue weighted by Gasteiger charge is -1.97. The molecule has 0 aliphatic carbocycles. The van der Waals surface area contributed by atoms with Gasteiger partial charge in [0.2, 0.25) is 5.13 Å². The molecule has 19 heavy (non-hydrogen) atoms. The predicted octanol–water partition coefficient (Wildman–Crippen LogP) is 4.41. The zero-order valence-electron chi connectivity index (χ0n) is 9.75. The summed E-state index contributed by atoms with van der Waals surface area (Å²) in [5.41, 5.74) is 1.50. The zero-order chi connectivity index (χ0) is 13.2. The van der Waals surface area contributed by atoms with Gasteiger partial charge in [0.15, 0.2) is 0 Å². The van der Waals surface area contributed by atoms with E-state index in [-0.39, 0.29) is 5.75 Å². The van der Waals surface area contributed by atoms with Gasteiger partial charge in [-0.1, -0.05) is 35.1 Å². The number of aromatic nitrogens is 1. The molecule has 0 fully saturated rings. The number of para-hydroxylation sites is 1. The molecular weight excluding hydrogens is 280 g/mol. The third-order valence-corrected chi connectivity index (χ3v) is 3.77. The number of nitrogens with zero attached hydrogens (tertiary/aromatic N) is 2. The van der Waals surface area contributed by atoms with E-state index in [2.05, 4.69) is 9.98 Å². The maximum atomic E-state index is 9.69. The quantitative estimate of drug-likeness (QED) is 0.710. The molecule has 3 nitrogen and oxygen atoms in total.